The molecule has 0 aliphatic carbocycles. The molecule has 0 aliphatic rings. The van der Waals surface area contributed by atoms with Crippen LogP contribution >= 0.6 is 11.3 Å². The van der Waals surface area contributed by atoms with Crippen molar-refractivity contribution >= 4 is 17.2 Å². The maximum absolute atomic E-state index is 11.9. The number of hydrogen-bond donors (Lipinski definition) is 2. The predicted molar refractivity (Wildman–Crippen MR) is 71.1 cm³/mol. The number of thiazole rings is 1. The maximum Gasteiger partial charge on any atom is 0.240 e. The zero-order valence-electron chi connectivity index (χ0n) is 10.7. The summed E-state index contributed by atoms with van der Waals surface area (Å²) in [4.78, 5) is 16.2. The number of hydrogen-bond acceptors (Lipinski definition) is 4. The number of rotatable bonds is 6. The number of nitrogens with one attached hydrogen (secondary N) is 1. The van der Waals surface area contributed by atoms with Crippen molar-refractivity contribution in [2.24, 2.45) is 5.73 Å². The van der Waals surface area contributed by atoms with Gasteiger partial charge in [-0.05, 0) is 19.8 Å². The first-order valence-electron chi connectivity index (χ1n) is 6.00. The lowest BCUT2D eigenvalue weighted by Gasteiger charge is -2.25. The zero-order chi connectivity index (χ0) is 12.9. The van der Waals surface area contributed by atoms with Crippen molar-refractivity contribution in [3.05, 3.63) is 16.1 Å². The van der Waals surface area contributed by atoms with E-state index in [4.69, 9.17) is 5.73 Å². The van der Waals surface area contributed by atoms with Crippen molar-refractivity contribution in [1.82, 2.24) is 10.3 Å². The van der Waals surface area contributed by atoms with Gasteiger partial charge in [-0.1, -0.05) is 13.8 Å². The standard InChI is InChI=1S/C12H21N3OS/c1-4-12(13,5-2)11(16)14-7-6-10-8-17-9(3)15-10/h8H,4-7,13H2,1-3H3,(H,14,16). The Bertz CT molecular complexity index is 372. The van der Waals surface area contributed by atoms with Gasteiger partial charge >= 0.3 is 0 Å². The summed E-state index contributed by atoms with van der Waals surface area (Å²) in [5.74, 6) is -0.0607. The van der Waals surface area contributed by atoms with Crippen LogP contribution in [0.1, 0.15) is 37.4 Å². The first-order chi connectivity index (χ1) is 8.01. The van der Waals surface area contributed by atoms with Gasteiger partial charge in [0.25, 0.3) is 0 Å². The molecule has 0 unspecified atom stereocenters. The Hall–Kier alpha value is -0.940. The second kappa shape index (κ2) is 6.12. The lowest BCUT2D eigenvalue weighted by molar-refractivity contribution is -0.126. The summed E-state index contributed by atoms with van der Waals surface area (Å²) in [5, 5.41) is 5.97. The van der Waals surface area contributed by atoms with E-state index in [0.29, 0.717) is 19.4 Å². The normalized spacial score (nSPS) is 11.5. The van der Waals surface area contributed by atoms with Crippen LogP contribution in [0.4, 0.5) is 0 Å². The lowest BCUT2D eigenvalue weighted by atomic mass is 9.93. The molecule has 1 heterocycles. The van der Waals surface area contributed by atoms with Crippen molar-refractivity contribution < 1.29 is 4.79 Å². The zero-order valence-corrected chi connectivity index (χ0v) is 11.6. The van der Waals surface area contributed by atoms with Crippen LogP contribution in [-0.4, -0.2) is 23.0 Å². The van der Waals surface area contributed by atoms with E-state index in [2.05, 4.69) is 10.3 Å². The molecule has 0 saturated carbocycles. The van der Waals surface area contributed by atoms with Crippen LogP contribution < -0.4 is 11.1 Å². The molecule has 0 atom stereocenters. The Balaban J connectivity index is 2.38. The molecule has 0 bridgehead atoms. The molecule has 0 spiro atoms. The summed E-state index contributed by atoms with van der Waals surface area (Å²) in [6.45, 7) is 6.45. The van der Waals surface area contributed by atoms with E-state index in [1.165, 1.54) is 0 Å². The highest BCUT2D eigenvalue weighted by Gasteiger charge is 2.29. The van der Waals surface area contributed by atoms with Gasteiger partial charge in [-0.3, -0.25) is 4.79 Å². The molecule has 17 heavy (non-hydrogen) atoms. The Labute approximate surface area is 107 Å². The van der Waals surface area contributed by atoms with Crippen molar-refractivity contribution in [2.75, 3.05) is 6.54 Å². The minimum Gasteiger partial charge on any atom is -0.354 e. The molecule has 1 aromatic rings. The smallest absolute Gasteiger partial charge is 0.240 e. The minimum atomic E-state index is -0.724. The van der Waals surface area contributed by atoms with E-state index in [0.717, 1.165) is 17.1 Å². The number of aromatic nitrogens is 1. The van der Waals surface area contributed by atoms with Crippen molar-refractivity contribution in [3.63, 3.8) is 0 Å². The van der Waals surface area contributed by atoms with Gasteiger partial charge in [0.2, 0.25) is 5.91 Å². The van der Waals surface area contributed by atoms with Crippen molar-refractivity contribution in [3.8, 4) is 0 Å². The topological polar surface area (TPSA) is 68.0 Å². The monoisotopic (exact) mass is 255 g/mol. The Kier molecular flexibility index (Phi) is 5.08. The fraction of sp³-hybridized carbons (Fsp3) is 0.667. The Morgan fingerprint density at radius 2 is 2.18 bits per heavy atom. The van der Waals surface area contributed by atoms with Crippen LogP contribution in [0.3, 0.4) is 0 Å². The predicted octanol–water partition coefficient (Wildman–Crippen LogP) is 1.63. The fourth-order valence-electron chi connectivity index (χ4n) is 1.57. The summed E-state index contributed by atoms with van der Waals surface area (Å²) >= 11 is 1.63. The minimum absolute atomic E-state index is 0.0607. The van der Waals surface area contributed by atoms with E-state index in [9.17, 15) is 4.79 Å². The van der Waals surface area contributed by atoms with Crippen molar-refractivity contribution in [2.45, 2.75) is 45.6 Å². The molecule has 0 radical (unpaired) electrons. The number of aryl methyl sites for hydroxylation is 1. The fourth-order valence-corrected chi connectivity index (χ4v) is 2.22. The molecule has 0 aliphatic heterocycles. The molecule has 1 aromatic heterocycles. The molecule has 0 aromatic carbocycles. The molecule has 3 N–H and O–H groups in total. The highest BCUT2D eigenvalue weighted by Crippen LogP contribution is 2.11. The van der Waals surface area contributed by atoms with E-state index in [1.807, 2.05) is 26.2 Å². The van der Waals surface area contributed by atoms with Crippen molar-refractivity contribution in [1.29, 1.82) is 0 Å². The lowest BCUT2D eigenvalue weighted by Crippen LogP contribution is -2.53. The molecule has 0 fully saturated rings. The number of nitrogens with zero attached hydrogens (tertiary/aromatic N) is 1. The van der Waals surface area contributed by atoms with Crippen LogP contribution in [0.2, 0.25) is 0 Å². The van der Waals surface area contributed by atoms with Crippen LogP contribution in [0.15, 0.2) is 5.38 Å². The Morgan fingerprint density at radius 3 is 2.65 bits per heavy atom. The van der Waals surface area contributed by atoms with Crippen LogP contribution in [0, 0.1) is 6.92 Å². The van der Waals surface area contributed by atoms with Crippen LogP contribution in [-0.2, 0) is 11.2 Å². The third-order valence-electron chi connectivity index (χ3n) is 3.05. The summed E-state index contributed by atoms with van der Waals surface area (Å²) in [7, 11) is 0. The van der Waals surface area contributed by atoms with Gasteiger partial charge in [-0.2, -0.15) is 0 Å². The average molecular weight is 255 g/mol. The quantitative estimate of drug-likeness (QED) is 0.812. The number of carbonyl (C=O) groups excluding carboxylic acids is 1. The van der Waals surface area contributed by atoms with Crippen LogP contribution in [0.25, 0.3) is 0 Å². The second-order valence-corrected chi connectivity index (χ2v) is 5.29. The summed E-state index contributed by atoms with van der Waals surface area (Å²) in [6.07, 6.45) is 2.08. The molecule has 5 heteroatoms. The first-order valence-corrected chi connectivity index (χ1v) is 6.88. The summed E-state index contributed by atoms with van der Waals surface area (Å²) in [5.41, 5.74) is 6.30. The summed E-state index contributed by atoms with van der Waals surface area (Å²) < 4.78 is 0. The van der Waals surface area contributed by atoms with Crippen LogP contribution in [0.5, 0.6) is 0 Å². The van der Waals surface area contributed by atoms with Gasteiger partial charge in [0, 0.05) is 18.3 Å². The van der Waals surface area contributed by atoms with Gasteiger partial charge in [0.1, 0.15) is 0 Å². The highest BCUT2D eigenvalue weighted by molar-refractivity contribution is 7.09. The molecule has 0 saturated heterocycles. The average Bonchev–Trinajstić information content (AvgIpc) is 2.74. The molecule has 1 amide bonds. The molecular formula is C12H21N3OS. The maximum atomic E-state index is 11.9. The third-order valence-corrected chi connectivity index (χ3v) is 3.87. The molecule has 96 valence electrons. The molecule has 4 nitrogen and oxygen atoms in total. The largest absolute Gasteiger partial charge is 0.354 e. The number of carbonyl (C=O) groups is 1. The Morgan fingerprint density at radius 1 is 1.53 bits per heavy atom. The van der Waals surface area contributed by atoms with Gasteiger partial charge < -0.3 is 11.1 Å². The van der Waals surface area contributed by atoms with E-state index in [-0.39, 0.29) is 5.91 Å². The van der Waals surface area contributed by atoms with E-state index >= 15 is 0 Å². The van der Waals surface area contributed by atoms with E-state index in [1.54, 1.807) is 11.3 Å². The second-order valence-electron chi connectivity index (χ2n) is 4.23. The number of nitrogens with two attached hydrogens (primary N) is 1. The SMILES string of the molecule is CCC(N)(CC)C(=O)NCCc1csc(C)n1. The molecular weight excluding hydrogens is 234 g/mol. The van der Waals surface area contributed by atoms with Gasteiger partial charge in [0.05, 0.1) is 16.2 Å². The number of amides is 1. The molecule has 1 rings (SSSR count). The van der Waals surface area contributed by atoms with E-state index < -0.39 is 5.54 Å². The highest BCUT2D eigenvalue weighted by atomic mass is 32.1. The summed E-state index contributed by atoms with van der Waals surface area (Å²) in [6, 6.07) is 0. The van der Waals surface area contributed by atoms with Gasteiger partial charge in [-0.25, -0.2) is 4.98 Å². The first kappa shape index (κ1) is 14.1. The third kappa shape index (κ3) is 3.78. The van der Waals surface area contributed by atoms with Gasteiger partial charge in [0.15, 0.2) is 0 Å². The van der Waals surface area contributed by atoms with Gasteiger partial charge in [-0.15, -0.1) is 11.3 Å².